The van der Waals surface area contributed by atoms with E-state index in [4.69, 9.17) is 15.5 Å². The monoisotopic (exact) mass is 675 g/mol. The molecule has 3 aliphatic rings. The lowest BCUT2D eigenvalue weighted by Crippen LogP contribution is -2.41. The van der Waals surface area contributed by atoms with E-state index in [9.17, 15) is 9.59 Å². The predicted octanol–water partition coefficient (Wildman–Crippen LogP) is 3.67. The van der Waals surface area contributed by atoms with Gasteiger partial charge in [-0.2, -0.15) is 5.10 Å². The van der Waals surface area contributed by atoms with Crippen molar-refractivity contribution in [2.24, 2.45) is 0 Å². The highest BCUT2D eigenvalue weighted by Crippen LogP contribution is 2.42. The van der Waals surface area contributed by atoms with Crippen LogP contribution in [0.2, 0.25) is 0 Å². The number of halogens is 1. The molecular weight excluding hydrogens is 637 g/mol. The SMILES string of the molecule is CCn1nc(Nc2nc3c(cc(C(=O)N(C4CC4)C4CC4)n3CC)c(N(C)CI)c2N)cc1C(=O)N1CCOCC1. The predicted molar refractivity (Wildman–Crippen MR) is 167 cm³/mol. The molecular formula is C28H38IN9O3. The van der Waals surface area contributed by atoms with Crippen LogP contribution in [0.3, 0.4) is 0 Å². The molecule has 3 aromatic rings. The molecule has 0 radical (unpaired) electrons. The Balaban J connectivity index is 1.40. The van der Waals surface area contributed by atoms with Gasteiger partial charge in [0.05, 0.1) is 29.1 Å². The molecule has 3 N–H and O–H groups in total. The van der Waals surface area contributed by atoms with Gasteiger partial charge in [0.25, 0.3) is 11.8 Å². The van der Waals surface area contributed by atoms with Crippen molar-refractivity contribution < 1.29 is 14.3 Å². The van der Waals surface area contributed by atoms with Crippen LogP contribution >= 0.6 is 22.6 Å². The number of nitrogens with zero attached hydrogens (tertiary/aromatic N) is 7. The molecule has 0 spiro atoms. The van der Waals surface area contributed by atoms with E-state index in [1.165, 1.54) is 0 Å². The number of morpholine rings is 1. The van der Waals surface area contributed by atoms with Crippen molar-refractivity contribution in [3.8, 4) is 0 Å². The van der Waals surface area contributed by atoms with Gasteiger partial charge in [0.15, 0.2) is 11.6 Å². The number of aromatic nitrogens is 4. The van der Waals surface area contributed by atoms with E-state index in [0.717, 1.165) is 36.8 Å². The Morgan fingerprint density at radius 2 is 1.78 bits per heavy atom. The van der Waals surface area contributed by atoms with Crippen LogP contribution in [-0.2, 0) is 17.8 Å². The number of ether oxygens (including phenoxy) is 1. The molecule has 0 aromatic carbocycles. The zero-order valence-corrected chi connectivity index (χ0v) is 26.1. The summed E-state index contributed by atoms with van der Waals surface area (Å²) in [6, 6.07) is 4.43. The van der Waals surface area contributed by atoms with E-state index in [-0.39, 0.29) is 11.8 Å². The fourth-order valence-electron chi connectivity index (χ4n) is 5.73. The van der Waals surface area contributed by atoms with E-state index in [0.29, 0.717) is 90.4 Å². The third-order valence-electron chi connectivity index (χ3n) is 8.11. The number of alkyl halides is 1. The maximum atomic E-state index is 13.9. The number of nitrogens with one attached hydrogen (secondary N) is 1. The summed E-state index contributed by atoms with van der Waals surface area (Å²) < 4.78 is 9.81. The van der Waals surface area contributed by atoms with Gasteiger partial charge < -0.3 is 35.1 Å². The molecule has 41 heavy (non-hydrogen) atoms. The molecule has 3 fully saturated rings. The lowest BCUT2D eigenvalue weighted by Gasteiger charge is -2.26. The minimum absolute atomic E-state index is 0.0729. The highest BCUT2D eigenvalue weighted by Gasteiger charge is 2.43. The number of nitrogens with two attached hydrogens (primary N) is 1. The van der Waals surface area contributed by atoms with Crippen molar-refractivity contribution in [1.29, 1.82) is 0 Å². The largest absolute Gasteiger partial charge is 0.394 e. The van der Waals surface area contributed by atoms with E-state index >= 15 is 0 Å². The van der Waals surface area contributed by atoms with Crippen molar-refractivity contribution in [2.45, 2.75) is 64.7 Å². The van der Waals surface area contributed by atoms with Gasteiger partial charge in [-0.25, -0.2) is 4.98 Å². The molecule has 4 heterocycles. The summed E-state index contributed by atoms with van der Waals surface area (Å²) in [4.78, 5) is 38.1. The number of carbonyl (C=O) groups excluding carboxylic acids is 2. The van der Waals surface area contributed by atoms with Crippen molar-refractivity contribution in [3.63, 3.8) is 0 Å². The van der Waals surface area contributed by atoms with Crippen LogP contribution in [0.5, 0.6) is 0 Å². The number of anilines is 4. The first-order valence-electron chi connectivity index (χ1n) is 14.5. The molecule has 0 unspecified atom stereocenters. The highest BCUT2D eigenvalue weighted by molar-refractivity contribution is 14.1. The van der Waals surface area contributed by atoms with Gasteiger partial charge in [0, 0.05) is 56.8 Å². The molecule has 1 aliphatic heterocycles. The second-order valence-electron chi connectivity index (χ2n) is 11.0. The maximum Gasteiger partial charge on any atom is 0.272 e. The summed E-state index contributed by atoms with van der Waals surface area (Å²) in [5, 5.41) is 8.81. The Morgan fingerprint density at radius 3 is 2.37 bits per heavy atom. The van der Waals surface area contributed by atoms with Crippen LogP contribution in [0.15, 0.2) is 12.1 Å². The number of amides is 2. The first-order valence-corrected chi connectivity index (χ1v) is 16.0. The number of hydrogen-bond donors (Lipinski definition) is 2. The zero-order valence-electron chi connectivity index (χ0n) is 23.9. The summed E-state index contributed by atoms with van der Waals surface area (Å²) >= 11 is 2.31. The Bertz CT molecular complexity index is 1460. The van der Waals surface area contributed by atoms with Crippen LogP contribution in [0.25, 0.3) is 11.0 Å². The number of pyridine rings is 1. The van der Waals surface area contributed by atoms with E-state index in [1.807, 2.05) is 31.5 Å². The minimum atomic E-state index is -0.0729. The van der Waals surface area contributed by atoms with Gasteiger partial charge in [0.1, 0.15) is 17.0 Å². The van der Waals surface area contributed by atoms with Crippen LogP contribution < -0.4 is 16.0 Å². The first-order chi connectivity index (χ1) is 19.9. The van der Waals surface area contributed by atoms with Crippen LogP contribution in [0.4, 0.5) is 23.0 Å². The van der Waals surface area contributed by atoms with Crippen molar-refractivity contribution in [3.05, 3.63) is 23.5 Å². The number of aryl methyl sites for hydroxylation is 2. The molecule has 3 aromatic heterocycles. The van der Waals surface area contributed by atoms with Gasteiger partial charge in [-0.3, -0.25) is 14.3 Å². The van der Waals surface area contributed by atoms with E-state index in [1.54, 1.807) is 15.6 Å². The molecule has 2 aliphatic carbocycles. The van der Waals surface area contributed by atoms with Gasteiger partial charge >= 0.3 is 0 Å². The van der Waals surface area contributed by atoms with E-state index < -0.39 is 0 Å². The summed E-state index contributed by atoms with van der Waals surface area (Å²) in [5.74, 6) is 0.947. The quantitative estimate of drug-likeness (QED) is 0.190. The summed E-state index contributed by atoms with van der Waals surface area (Å²) in [7, 11) is 1.98. The van der Waals surface area contributed by atoms with Crippen LogP contribution in [-0.4, -0.2) is 90.9 Å². The average molecular weight is 676 g/mol. The Labute approximate surface area is 253 Å². The standard InChI is InChI=1S/C28H38IN9O3/c1-4-36-20(28(40)38(17-6-7-17)18-8-9-18)14-19-24(34(3)16-29)23(30)25(32-26(19)36)31-22-15-21(37(5-2)33-22)27(39)35-10-12-41-13-11-35/h14-15,17-18H,4-13,16,30H2,1-3H3,(H,31,32,33). The van der Waals surface area contributed by atoms with Crippen LogP contribution in [0.1, 0.15) is 60.5 Å². The normalized spacial score (nSPS) is 17.2. The molecule has 0 atom stereocenters. The third-order valence-corrected chi connectivity index (χ3v) is 9.13. The Kier molecular flexibility index (Phi) is 7.74. The van der Waals surface area contributed by atoms with Crippen molar-refractivity contribution in [1.82, 2.24) is 29.1 Å². The summed E-state index contributed by atoms with van der Waals surface area (Å²) in [6.45, 7) is 7.31. The fourth-order valence-corrected chi connectivity index (χ4v) is 6.07. The van der Waals surface area contributed by atoms with Crippen molar-refractivity contribution >= 4 is 68.4 Å². The lowest BCUT2D eigenvalue weighted by atomic mass is 10.2. The van der Waals surface area contributed by atoms with E-state index in [2.05, 4.69) is 42.8 Å². The first kappa shape index (κ1) is 28.1. The zero-order chi connectivity index (χ0) is 28.8. The summed E-state index contributed by atoms with van der Waals surface area (Å²) in [6.07, 6.45) is 4.32. The maximum absolute atomic E-state index is 13.9. The number of hydrogen-bond acceptors (Lipinski definition) is 8. The minimum Gasteiger partial charge on any atom is -0.394 e. The van der Waals surface area contributed by atoms with Gasteiger partial charge in [-0.05, 0) is 45.6 Å². The second kappa shape index (κ2) is 11.3. The third kappa shape index (κ3) is 5.22. The molecule has 220 valence electrons. The smallest absolute Gasteiger partial charge is 0.272 e. The number of nitrogen functional groups attached to an aromatic ring is 1. The Hall–Kier alpha value is -3.07. The molecule has 12 nitrogen and oxygen atoms in total. The lowest BCUT2D eigenvalue weighted by molar-refractivity contribution is 0.0295. The topological polar surface area (TPSA) is 127 Å². The molecule has 2 saturated carbocycles. The van der Waals surface area contributed by atoms with Crippen molar-refractivity contribution in [2.75, 3.05) is 53.9 Å². The molecule has 0 bridgehead atoms. The highest BCUT2D eigenvalue weighted by atomic mass is 127. The molecule has 6 rings (SSSR count). The number of rotatable bonds is 10. The Morgan fingerprint density at radius 1 is 1.10 bits per heavy atom. The second-order valence-corrected chi connectivity index (χ2v) is 11.7. The molecule has 2 amide bonds. The molecule has 1 saturated heterocycles. The van der Waals surface area contributed by atoms with Gasteiger partial charge in [0.2, 0.25) is 0 Å². The van der Waals surface area contributed by atoms with Gasteiger partial charge in [-0.15, -0.1) is 0 Å². The summed E-state index contributed by atoms with van der Waals surface area (Å²) in [5.41, 5.74) is 9.93. The molecule has 13 heteroatoms. The number of carbonyl (C=O) groups is 2. The van der Waals surface area contributed by atoms with Gasteiger partial charge in [-0.1, -0.05) is 22.6 Å². The fraction of sp³-hybridized carbons (Fsp3) is 0.571. The van der Waals surface area contributed by atoms with Crippen LogP contribution in [0, 0.1) is 0 Å². The number of fused-ring (bicyclic) bond motifs is 1. The average Bonchev–Trinajstić information content (AvgIpc) is 3.93.